The lowest BCUT2D eigenvalue weighted by Crippen LogP contribution is -2.49. The van der Waals surface area contributed by atoms with Crippen molar-refractivity contribution < 1.29 is 23.4 Å². The Hall–Kier alpha value is -1.52. The lowest BCUT2D eigenvalue weighted by Gasteiger charge is -2.30. The van der Waals surface area contributed by atoms with Gasteiger partial charge in [-0.05, 0) is 24.7 Å². The number of hydrogen-bond acceptors (Lipinski definition) is 6. The number of hydrogen-bond donors (Lipinski definition) is 3. The van der Waals surface area contributed by atoms with Crippen LogP contribution in [0.4, 0.5) is 0 Å². The molecule has 1 aliphatic rings. The number of aliphatic hydroxyl groups is 2. The molecule has 0 amide bonds. The van der Waals surface area contributed by atoms with Crippen LogP contribution in [-0.4, -0.2) is 68.1 Å². The van der Waals surface area contributed by atoms with Crippen LogP contribution in [0.15, 0.2) is 65.6 Å². The van der Waals surface area contributed by atoms with Crippen molar-refractivity contribution in [1.29, 1.82) is 0 Å². The average molecular weight is 443 g/mol. The van der Waals surface area contributed by atoms with Crippen LogP contribution < -0.4 is 4.72 Å². The van der Waals surface area contributed by atoms with Gasteiger partial charge in [0.15, 0.2) is 0 Å². The molecule has 0 spiro atoms. The molecule has 2 aromatic carbocycles. The van der Waals surface area contributed by atoms with Gasteiger partial charge in [0.2, 0.25) is 10.0 Å². The zero-order chi connectivity index (χ0) is 20.1. The summed E-state index contributed by atoms with van der Waals surface area (Å²) < 4.78 is 33.3. The van der Waals surface area contributed by atoms with Crippen LogP contribution in [0.25, 0.3) is 0 Å². The second kappa shape index (κ2) is 10.5. The maximum absolute atomic E-state index is 12.5. The summed E-state index contributed by atoms with van der Waals surface area (Å²) in [6, 6.07) is 17.4. The summed E-state index contributed by atoms with van der Waals surface area (Å²) in [5.41, 5.74) is 1.06. The highest BCUT2D eigenvalue weighted by atomic mass is 35.5. The molecule has 1 aliphatic heterocycles. The first kappa shape index (κ1) is 23.8. The fourth-order valence-corrected chi connectivity index (χ4v) is 4.61. The van der Waals surface area contributed by atoms with Crippen LogP contribution in [0, 0.1) is 0 Å². The largest absolute Gasteiger partial charge is 0.394 e. The normalized spacial score (nSPS) is 24.4. The number of rotatable bonds is 8. The molecule has 160 valence electrons. The van der Waals surface area contributed by atoms with E-state index in [-0.39, 0.29) is 30.5 Å². The SMILES string of the molecule is CN(Cc1ccccc1)[C@@H]1[C@H](O)[C@H](CO)O[C@@H]1CNS(=O)(=O)c1ccccc1.Cl. The minimum Gasteiger partial charge on any atom is -0.394 e. The molecule has 1 fully saturated rings. The summed E-state index contributed by atoms with van der Waals surface area (Å²) in [5.74, 6) is 0. The molecule has 0 aliphatic carbocycles. The minimum atomic E-state index is -3.69. The summed E-state index contributed by atoms with van der Waals surface area (Å²) in [7, 11) is -1.84. The zero-order valence-electron chi connectivity index (χ0n) is 16.1. The first-order valence-corrected chi connectivity index (χ1v) is 10.6. The first-order valence-electron chi connectivity index (χ1n) is 9.15. The number of nitrogens with one attached hydrogen (secondary N) is 1. The molecule has 3 rings (SSSR count). The highest BCUT2D eigenvalue weighted by Crippen LogP contribution is 2.26. The number of aliphatic hydroxyl groups excluding tert-OH is 2. The van der Waals surface area contributed by atoms with Gasteiger partial charge in [0.1, 0.15) is 12.2 Å². The molecule has 1 saturated heterocycles. The maximum Gasteiger partial charge on any atom is 0.240 e. The van der Waals surface area contributed by atoms with Gasteiger partial charge in [0.05, 0.1) is 23.6 Å². The Balaban J connectivity index is 0.00000300. The Morgan fingerprint density at radius 3 is 2.21 bits per heavy atom. The van der Waals surface area contributed by atoms with E-state index in [0.29, 0.717) is 6.54 Å². The molecule has 7 nitrogen and oxygen atoms in total. The van der Waals surface area contributed by atoms with Crippen LogP contribution in [0.2, 0.25) is 0 Å². The third kappa shape index (κ3) is 5.76. The molecular formula is C20H27ClN2O5S. The molecule has 0 unspecified atom stereocenters. The van der Waals surface area contributed by atoms with E-state index < -0.39 is 34.4 Å². The molecule has 2 aromatic rings. The third-order valence-electron chi connectivity index (χ3n) is 4.95. The summed E-state index contributed by atoms with van der Waals surface area (Å²) >= 11 is 0. The second-order valence-electron chi connectivity index (χ2n) is 6.94. The lowest BCUT2D eigenvalue weighted by molar-refractivity contribution is -0.0201. The maximum atomic E-state index is 12.5. The molecule has 9 heteroatoms. The van der Waals surface area contributed by atoms with E-state index in [2.05, 4.69) is 4.72 Å². The van der Waals surface area contributed by atoms with Gasteiger partial charge >= 0.3 is 0 Å². The predicted octanol–water partition coefficient (Wildman–Crippen LogP) is 1.01. The third-order valence-corrected chi connectivity index (χ3v) is 6.39. The Kier molecular flexibility index (Phi) is 8.59. The topological polar surface area (TPSA) is 99.1 Å². The molecule has 0 saturated carbocycles. The summed E-state index contributed by atoms with van der Waals surface area (Å²) in [6.07, 6.45) is -2.28. The van der Waals surface area contributed by atoms with Gasteiger partial charge < -0.3 is 14.9 Å². The molecule has 3 N–H and O–H groups in total. The van der Waals surface area contributed by atoms with Crippen LogP contribution in [0.1, 0.15) is 5.56 Å². The second-order valence-corrected chi connectivity index (χ2v) is 8.71. The lowest BCUT2D eigenvalue weighted by atomic mass is 10.0. The fourth-order valence-electron chi connectivity index (χ4n) is 3.54. The van der Waals surface area contributed by atoms with E-state index in [1.807, 2.05) is 42.3 Å². The summed E-state index contributed by atoms with van der Waals surface area (Å²) in [6.45, 7) is 0.222. The minimum absolute atomic E-state index is 0. The zero-order valence-corrected chi connectivity index (χ0v) is 17.7. The standard InChI is InChI=1S/C20H26N2O5S.ClH/c1-22(13-15-8-4-2-5-9-15)19-17(27-18(14-23)20(19)24)12-21-28(25,26)16-10-6-3-7-11-16;/h2-11,17-21,23-24H,12-14H2,1H3;1H/t17-,18+,19+,20-;/m1./s1. The number of benzene rings is 2. The van der Waals surface area contributed by atoms with Crippen molar-refractivity contribution in [3.63, 3.8) is 0 Å². The molecule has 1 heterocycles. The Bertz CT molecular complexity index is 854. The number of halogens is 1. The summed E-state index contributed by atoms with van der Waals surface area (Å²) in [4.78, 5) is 2.10. The van der Waals surface area contributed by atoms with E-state index in [9.17, 15) is 18.6 Å². The monoisotopic (exact) mass is 442 g/mol. The number of ether oxygens (including phenoxy) is 1. The van der Waals surface area contributed by atoms with E-state index in [1.54, 1.807) is 18.2 Å². The quantitative estimate of drug-likeness (QED) is 0.564. The fraction of sp³-hybridized carbons (Fsp3) is 0.400. The highest BCUT2D eigenvalue weighted by molar-refractivity contribution is 7.89. The van der Waals surface area contributed by atoms with Gasteiger partial charge in [-0.25, -0.2) is 13.1 Å². The predicted molar refractivity (Wildman–Crippen MR) is 112 cm³/mol. The summed E-state index contributed by atoms with van der Waals surface area (Å²) in [5, 5.41) is 20.1. The van der Waals surface area contributed by atoms with Gasteiger partial charge in [0, 0.05) is 13.1 Å². The van der Waals surface area contributed by atoms with E-state index in [1.165, 1.54) is 12.1 Å². The molecular weight excluding hydrogens is 416 g/mol. The number of likely N-dealkylation sites (N-methyl/N-ethyl adjacent to an activating group) is 1. The van der Waals surface area contributed by atoms with Crippen molar-refractivity contribution in [1.82, 2.24) is 9.62 Å². The smallest absolute Gasteiger partial charge is 0.240 e. The van der Waals surface area contributed by atoms with Gasteiger partial charge in [-0.1, -0.05) is 48.5 Å². The van der Waals surface area contributed by atoms with Crippen molar-refractivity contribution in [2.75, 3.05) is 20.2 Å². The van der Waals surface area contributed by atoms with Crippen molar-refractivity contribution in [3.05, 3.63) is 66.2 Å². The molecule has 4 atom stereocenters. The molecule has 29 heavy (non-hydrogen) atoms. The van der Waals surface area contributed by atoms with E-state index in [4.69, 9.17) is 4.74 Å². The molecule has 0 bridgehead atoms. The number of nitrogens with zero attached hydrogens (tertiary/aromatic N) is 1. The van der Waals surface area contributed by atoms with Crippen molar-refractivity contribution >= 4 is 22.4 Å². The van der Waals surface area contributed by atoms with Crippen LogP contribution in [0.3, 0.4) is 0 Å². The van der Waals surface area contributed by atoms with Crippen LogP contribution in [0.5, 0.6) is 0 Å². The number of sulfonamides is 1. The van der Waals surface area contributed by atoms with Crippen molar-refractivity contribution in [3.8, 4) is 0 Å². The van der Waals surface area contributed by atoms with E-state index >= 15 is 0 Å². The van der Waals surface area contributed by atoms with Gasteiger partial charge in [-0.3, -0.25) is 4.90 Å². The van der Waals surface area contributed by atoms with Crippen LogP contribution >= 0.6 is 12.4 Å². The average Bonchev–Trinajstić information content (AvgIpc) is 3.03. The van der Waals surface area contributed by atoms with Crippen molar-refractivity contribution in [2.45, 2.75) is 35.8 Å². The first-order chi connectivity index (χ1) is 13.4. The molecule has 0 aromatic heterocycles. The van der Waals surface area contributed by atoms with Gasteiger partial charge in [0.25, 0.3) is 0 Å². The van der Waals surface area contributed by atoms with Crippen molar-refractivity contribution in [2.24, 2.45) is 0 Å². The Labute approximate surface area is 177 Å². The Morgan fingerprint density at radius 2 is 1.62 bits per heavy atom. The van der Waals surface area contributed by atoms with Gasteiger partial charge in [-0.15, -0.1) is 12.4 Å². The highest BCUT2D eigenvalue weighted by Gasteiger charge is 2.45. The van der Waals surface area contributed by atoms with Crippen LogP contribution in [-0.2, 0) is 21.3 Å². The Morgan fingerprint density at radius 1 is 1.03 bits per heavy atom. The molecule has 0 radical (unpaired) electrons. The van der Waals surface area contributed by atoms with E-state index in [0.717, 1.165) is 5.56 Å². The van der Waals surface area contributed by atoms with Gasteiger partial charge in [-0.2, -0.15) is 0 Å².